The summed E-state index contributed by atoms with van der Waals surface area (Å²) in [4.78, 5) is 15.3. The molecule has 3 rings (SSSR count). The lowest BCUT2D eigenvalue weighted by atomic mass is 10.0. The van der Waals surface area contributed by atoms with Crippen molar-refractivity contribution >= 4 is 16.9 Å². The van der Waals surface area contributed by atoms with E-state index in [1.165, 1.54) is 5.56 Å². The van der Waals surface area contributed by atoms with Crippen LogP contribution in [0.2, 0.25) is 0 Å². The summed E-state index contributed by atoms with van der Waals surface area (Å²) >= 11 is 0. The van der Waals surface area contributed by atoms with Crippen molar-refractivity contribution < 1.29 is 14.3 Å². The van der Waals surface area contributed by atoms with Gasteiger partial charge in [-0.15, -0.1) is 0 Å². The van der Waals surface area contributed by atoms with Crippen molar-refractivity contribution in [3.8, 4) is 0 Å². The lowest BCUT2D eigenvalue weighted by Crippen LogP contribution is -2.20. The van der Waals surface area contributed by atoms with Crippen molar-refractivity contribution in [3.05, 3.63) is 35.0 Å². The predicted molar refractivity (Wildman–Crippen MR) is 81.6 cm³/mol. The standard InChI is InChI=1S/C17H21NO3/c1-10-6-11(2)14-8-16(18-15(14)7-10)17(19)21-9-13-4-5-20-12(13)3/h6-8,12-13,18H,4-5,9H2,1-3H3. The van der Waals surface area contributed by atoms with Crippen LogP contribution in [0.25, 0.3) is 10.9 Å². The number of aryl methyl sites for hydroxylation is 2. The normalized spacial score (nSPS) is 21.9. The maximum atomic E-state index is 12.2. The summed E-state index contributed by atoms with van der Waals surface area (Å²) in [7, 11) is 0. The van der Waals surface area contributed by atoms with E-state index in [2.05, 4.69) is 18.0 Å². The average Bonchev–Trinajstić information content (AvgIpc) is 3.02. The second kappa shape index (κ2) is 5.53. The molecule has 1 aromatic heterocycles. The van der Waals surface area contributed by atoms with E-state index in [0.29, 0.717) is 18.2 Å². The first kappa shape index (κ1) is 14.1. The Bertz CT molecular complexity index is 674. The van der Waals surface area contributed by atoms with Gasteiger partial charge in [0.15, 0.2) is 0 Å². The Hall–Kier alpha value is -1.81. The molecule has 2 heterocycles. The van der Waals surface area contributed by atoms with Crippen molar-refractivity contribution in [1.29, 1.82) is 0 Å². The molecule has 0 saturated carbocycles. The molecule has 1 aliphatic heterocycles. The van der Waals surface area contributed by atoms with Gasteiger partial charge in [0.25, 0.3) is 0 Å². The van der Waals surface area contributed by atoms with Crippen LogP contribution >= 0.6 is 0 Å². The number of hydrogen-bond donors (Lipinski definition) is 1. The van der Waals surface area contributed by atoms with Crippen LogP contribution in [0.4, 0.5) is 0 Å². The van der Waals surface area contributed by atoms with E-state index in [1.807, 2.05) is 26.0 Å². The Labute approximate surface area is 124 Å². The van der Waals surface area contributed by atoms with Crippen LogP contribution in [0.5, 0.6) is 0 Å². The molecule has 21 heavy (non-hydrogen) atoms. The van der Waals surface area contributed by atoms with Crippen LogP contribution in [-0.2, 0) is 9.47 Å². The molecule has 2 unspecified atom stereocenters. The summed E-state index contributed by atoms with van der Waals surface area (Å²) in [5.41, 5.74) is 3.85. The van der Waals surface area contributed by atoms with E-state index in [0.717, 1.165) is 29.5 Å². The first-order valence-corrected chi connectivity index (χ1v) is 7.43. The van der Waals surface area contributed by atoms with Crippen LogP contribution in [0.1, 0.15) is 35.0 Å². The smallest absolute Gasteiger partial charge is 0.354 e. The van der Waals surface area contributed by atoms with Crippen molar-refractivity contribution in [2.24, 2.45) is 5.92 Å². The third-order valence-electron chi connectivity index (χ3n) is 4.27. The van der Waals surface area contributed by atoms with Crippen LogP contribution in [0.15, 0.2) is 18.2 Å². The third-order valence-corrected chi connectivity index (χ3v) is 4.27. The maximum Gasteiger partial charge on any atom is 0.354 e. The summed E-state index contributed by atoms with van der Waals surface area (Å²) in [5, 5.41) is 1.07. The van der Waals surface area contributed by atoms with Gasteiger partial charge in [-0.3, -0.25) is 0 Å². The minimum absolute atomic E-state index is 0.172. The third kappa shape index (κ3) is 2.81. The lowest BCUT2D eigenvalue weighted by molar-refractivity contribution is 0.0339. The summed E-state index contributed by atoms with van der Waals surface area (Å²) in [5.74, 6) is 0.0182. The van der Waals surface area contributed by atoms with Crippen molar-refractivity contribution in [1.82, 2.24) is 4.98 Å². The minimum atomic E-state index is -0.289. The second-order valence-electron chi connectivity index (χ2n) is 5.95. The highest BCUT2D eigenvalue weighted by atomic mass is 16.5. The Morgan fingerprint density at radius 3 is 2.90 bits per heavy atom. The fraction of sp³-hybridized carbons (Fsp3) is 0.471. The molecule has 2 aromatic rings. The van der Waals surface area contributed by atoms with E-state index in [4.69, 9.17) is 9.47 Å². The first-order chi connectivity index (χ1) is 10.0. The molecular formula is C17H21NO3. The molecule has 2 atom stereocenters. The van der Waals surface area contributed by atoms with Crippen LogP contribution < -0.4 is 0 Å². The van der Waals surface area contributed by atoms with Crippen molar-refractivity contribution in [3.63, 3.8) is 0 Å². The number of carbonyl (C=O) groups is 1. The van der Waals surface area contributed by atoms with Gasteiger partial charge in [-0.05, 0) is 50.5 Å². The average molecular weight is 287 g/mol. The number of aromatic nitrogens is 1. The number of nitrogens with one attached hydrogen (secondary N) is 1. The molecule has 4 heteroatoms. The molecule has 0 radical (unpaired) electrons. The molecule has 1 saturated heterocycles. The van der Waals surface area contributed by atoms with Gasteiger partial charge in [-0.25, -0.2) is 4.79 Å². The highest BCUT2D eigenvalue weighted by Crippen LogP contribution is 2.23. The lowest BCUT2D eigenvalue weighted by Gasteiger charge is -2.13. The Balaban J connectivity index is 1.74. The van der Waals surface area contributed by atoms with Gasteiger partial charge in [-0.2, -0.15) is 0 Å². The molecule has 4 nitrogen and oxygen atoms in total. The van der Waals surface area contributed by atoms with Crippen molar-refractivity contribution in [2.75, 3.05) is 13.2 Å². The zero-order valence-corrected chi connectivity index (χ0v) is 12.7. The van der Waals surface area contributed by atoms with E-state index in [-0.39, 0.29) is 12.1 Å². The Morgan fingerprint density at radius 2 is 2.19 bits per heavy atom. The van der Waals surface area contributed by atoms with E-state index in [9.17, 15) is 4.79 Å². The van der Waals surface area contributed by atoms with Gasteiger partial charge in [0, 0.05) is 23.4 Å². The van der Waals surface area contributed by atoms with E-state index in [1.54, 1.807) is 0 Å². The summed E-state index contributed by atoms with van der Waals surface area (Å²) < 4.78 is 10.9. The van der Waals surface area contributed by atoms with Gasteiger partial charge in [0.05, 0.1) is 12.7 Å². The molecule has 1 fully saturated rings. The summed E-state index contributed by atoms with van der Waals surface area (Å²) in [6.07, 6.45) is 1.13. The number of carbonyl (C=O) groups excluding carboxylic acids is 1. The molecule has 1 N–H and O–H groups in total. The molecule has 112 valence electrons. The molecule has 1 aromatic carbocycles. The Kier molecular flexibility index (Phi) is 3.72. The largest absolute Gasteiger partial charge is 0.461 e. The number of esters is 1. The molecule has 0 spiro atoms. The van der Waals surface area contributed by atoms with Crippen molar-refractivity contribution in [2.45, 2.75) is 33.3 Å². The summed E-state index contributed by atoms with van der Waals surface area (Å²) in [6.45, 7) is 7.31. The van der Waals surface area contributed by atoms with Gasteiger partial charge >= 0.3 is 5.97 Å². The number of ether oxygens (including phenoxy) is 2. The number of hydrogen-bond acceptors (Lipinski definition) is 3. The fourth-order valence-electron chi connectivity index (χ4n) is 2.96. The van der Waals surface area contributed by atoms with Crippen LogP contribution in [-0.4, -0.2) is 30.3 Å². The van der Waals surface area contributed by atoms with Gasteiger partial charge < -0.3 is 14.5 Å². The SMILES string of the molecule is Cc1cc(C)c2cc(C(=O)OCC3CCOC3C)[nH]c2c1. The zero-order chi connectivity index (χ0) is 15.0. The Morgan fingerprint density at radius 1 is 1.38 bits per heavy atom. The van der Waals surface area contributed by atoms with E-state index >= 15 is 0 Å². The molecule has 0 aliphatic carbocycles. The van der Waals surface area contributed by atoms with Crippen LogP contribution in [0, 0.1) is 19.8 Å². The first-order valence-electron chi connectivity index (χ1n) is 7.43. The maximum absolute atomic E-state index is 12.2. The van der Waals surface area contributed by atoms with E-state index < -0.39 is 0 Å². The van der Waals surface area contributed by atoms with Gasteiger partial charge in [0.2, 0.25) is 0 Å². The second-order valence-corrected chi connectivity index (χ2v) is 5.95. The predicted octanol–water partition coefficient (Wildman–Crippen LogP) is 3.37. The monoisotopic (exact) mass is 287 g/mol. The highest BCUT2D eigenvalue weighted by molar-refractivity contribution is 5.96. The number of aromatic amines is 1. The fourth-order valence-corrected chi connectivity index (χ4v) is 2.96. The topological polar surface area (TPSA) is 51.3 Å². The molecular weight excluding hydrogens is 266 g/mol. The number of benzene rings is 1. The quantitative estimate of drug-likeness (QED) is 0.881. The molecule has 1 aliphatic rings. The van der Waals surface area contributed by atoms with Crippen LogP contribution in [0.3, 0.4) is 0 Å². The number of rotatable bonds is 3. The highest BCUT2D eigenvalue weighted by Gasteiger charge is 2.26. The minimum Gasteiger partial charge on any atom is -0.461 e. The number of H-pyrrole nitrogens is 1. The van der Waals surface area contributed by atoms with Gasteiger partial charge in [0.1, 0.15) is 5.69 Å². The molecule has 0 bridgehead atoms. The molecule has 0 amide bonds. The van der Waals surface area contributed by atoms with Gasteiger partial charge in [-0.1, -0.05) is 6.07 Å². The number of fused-ring (bicyclic) bond motifs is 1. The zero-order valence-electron chi connectivity index (χ0n) is 12.7. The summed E-state index contributed by atoms with van der Waals surface area (Å²) in [6, 6.07) is 6.04.